The minimum Gasteiger partial charge on any atom is -0.493 e. The van der Waals surface area contributed by atoms with Crippen LogP contribution in [-0.2, 0) is 30.1 Å². The van der Waals surface area contributed by atoms with Gasteiger partial charge in [0.1, 0.15) is 63.6 Å². The maximum Gasteiger partial charge on any atom is 0.281 e. The van der Waals surface area contributed by atoms with Gasteiger partial charge in [0.25, 0.3) is 47.8 Å². The molecule has 1 atom stereocenters. The number of sulfonamides is 3. The maximum absolute atomic E-state index is 14.5. The largest absolute Gasteiger partial charge is 0.493 e. The van der Waals surface area contributed by atoms with E-state index < -0.39 is 71.3 Å². The summed E-state index contributed by atoms with van der Waals surface area (Å²) in [6.45, 7) is 35.9. The highest BCUT2D eigenvalue weighted by molar-refractivity contribution is 7.90. The topological polar surface area (TPSA) is 322 Å². The number of aromatic nitrogens is 6. The Morgan fingerprint density at radius 3 is 1.00 bits per heavy atom. The van der Waals surface area contributed by atoms with Crippen molar-refractivity contribution in [3.63, 3.8) is 0 Å². The van der Waals surface area contributed by atoms with Gasteiger partial charge in [0.05, 0.1) is 43.5 Å². The number of pyridine rings is 6. The molecule has 30 heteroatoms. The summed E-state index contributed by atoms with van der Waals surface area (Å²) in [4.78, 5) is 64.7. The van der Waals surface area contributed by atoms with Crippen molar-refractivity contribution < 1.29 is 89.8 Å². The van der Waals surface area contributed by atoms with Crippen LogP contribution in [0.2, 0.25) is 0 Å². The number of hydrogen-bond donors (Lipinski definition) is 3. The number of carbonyl (C=O) groups excluding carboxylic acids is 3. The minimum atomic E-state index is -4.26. The number of carbonyl (C=O) groups is 3. The second kappa shape index (κ2) is 39.0. The lowest BCUT2D eigenvalue weighted by Gasteiger charge is -2.28. The van der Waals surface area contributed by atoms with E-state index in [9.17, 15) is 52.8 Å². The third-order valence-corrected chi connectivity index (χ3v) is 19.9. The van der Waals surface area contributed by atoms with Gasteiger partial charge in [-0.05, 0) is 178 Å². The predicted molar refractivity (Wildman–Crippen MR) is 433 cm³/mol. The molecule has 3 aromatic carbocycles. The molecule has 612 valence electrons. The molecule has 0 saturated heterocycles. The molecule has 0 aliphatic carbocycles. The van der Waals surface area contributed by atoms with Crippen molar-refractivity contribution in [2.24, 2.45) is 35.0 Å². The zero-order chi connectivity index (χ0) is 82.7. The number of halogens is 3. The molecule has 0 fully saturated rings. The summed E-state index contributed by atoms with van der Waals surface area (Å²) in [5.74, 6) is -2.53. The summed E-state index contributed by atoms with van der Waals surface area (Å²) in [5.41, 5.74) is 3.18. The second-order valence-corrected chi connectivity index (χ2v) is 34.4. The van der Waals surface area contributed by atoms with Crippen LogP contribution < -0.4 is 42.6 Å². The fourth-order valence-electron chi connectivity index (χ4n) is 10.2. The van der Waals surface area contributed by atoms with Crippen LogP contribution in [0.25, 0.3) is 33.8 Å². The van der Waals surface area contributed by atoms with Gasteiger partial charge in [-0.25, -0.2) is 57.2 Å². The molecule has 6 heterocycles. The Morgan fingerprint density at radius 1 is 0.411 bits per heavy atom. The van der Waals surface area contributed by atoms with Crippen LogP contribution >= 0.6 is 0 Å². The third kappa shape index (κ3) is 26.0. The first kappa shape index (κ1) is 88.6. The first-order valence-electron chi connectivity index (χ1n) is 36.3. The lowest BCUT2D eigenvalue weighted by atomic mass is 9.90. The van der Waals surface area contributed by atoms with Crippen LogP contribution in [0.15, 0.2) is 161 Å². The molecule has 0 aliphatic heterocycles. The van der Waals surface area contributed by atoms with Crippen LogP contribution in [-0.4, -0.2) is 112 Å². The summed E-state index contributed by atoms with van der Waals surface area (Å²) >= 11 is 0. The molecule has 3 N–H and O–H groups in total. The zero-order valence-corrected chi connectivity index (χ0v) is 68.5. The Morgan fingerprint density at radius 2 is 0.714 bits per heavy atom. The van der Waals surface area contributed by atoms with Crippen molar-refractivity contribution in [1.29, 1.82) is 0 Å². The van der Waals surface area contributed by atoms with Crippen LogP contribution in [0.4, 0.5) is 13.2 Å². The summed E-state index contributed by atoms with van der Waals surface area (Å²) in [6.07, 6.45) is -0.0953. The average Bonchev–Trinajstić information content (AvgIpc) is 0.828. The fraction of sp³-hybridized carbons (Fsp3) is 0.378. The Bertz CT molecular complexity index is 5190. The Labute approximate surface area is 663 Å². The molecule has 0 radical (unpaired) electrons. The van der Waals surface area contributed by atoms with Crippen molar-refractivity contribution in [3.05, 3.63) is 197 Å². The number of amides is 3. The second-order valence-electron chi connectivity index (χ2n) is 29.5. The summed E-state index contributed by atoms with van der Waals surface area (Å²) < 4.78 is 161. The van der Waals surface area contributed by atoms with Crippen LogP contribution in [0, 0.1) is 73.2 Å². The maximum atomic E-state index is 14.5. The van der Waals surface area contributed by atoms with Gasteiger partial charge in [0.15, 0.2) is 15.1 Å². The van der Waals surface area contributed by atoms with Gasteiger partial charge in [-0.3, -0.25) is 14.4 Å². The number of rotatable bonds is 30. The van der Waals surface area contributed by atoms with E-state index in [0.717, 1.165) is 0 Å². The van der Waals surface area contributed by atoms with Crippen molar-refractivity contribution in [2.45, 2.75) is 158 Å². The van der Waals surface area contributed by atoms with Crippen LogP contribution in [0.3, 0.4) is 0 Å². The molecular weight excluding hydrogens is 1500 g/mol. The van der Waals surface area contributed by atoms with Gasteiger partial charge in [0, 0.05) is 60.5 Å². The Kier molecular flexibility index (Phi) is 30.9. The van der Waals surface area contributed by atoms with Crippen molar-refractivity contribution in [1.82, 2.24) is 44.1 Å². The van der Waals surface area contributed by atoms with Crippen LogP contribution in [0.5, 0.6) is 34.9 Å². The van der Waals surface area contributed by atoms with Gasteiger partial charge in [-0.15, -0.1) is 0 Å². The van der Waals surface area contributed by atoms with Gasteiger partial charge in [-0.2, -0.15) is 25.3 Å². The molecule has 1 unspecified atom stereocenters. The number of hydrogen-bond acceptors (Lipinski definition) is 21. The lowest BCUT2D eigenvalue weighted by Crippen LogP contribution is -2.33. The average molecular weight is 1620 g/mol. The molecular formula is C82H110F3N9O15S3. The zero-order valence-electron chi connectivity index (χ0n) is 66.1. The van der Waals surface area contributed by atoms with E-state index in [4.69, 9.17) is 28.4 Å². The molecule has 0 spiro atoms. The number of aryl methyl sites for hydroxylation is 3. The molecule has 24 nitrogen and oxygen atoms in total. The number of ether oxygens (including phenoxy) is 6. The smallest absolute Gasteiger partial charge is 0.281 e. The molecule has 112 heavy (non-hydrogen) atoms. The van der Waals surface area contributed by atoms with Crippen molar-refractivity contribution >= 4 is 47.8 Å². The van der Waals surface area contributed by atoms with Gasteiger partial charge < -0.3 is 28.4 Å². The highest BCUT2D eigenvalue weighted by atomic mass is 32.2. The van der Waals surface area contributed by atoms with Crippen LogP contribution in [0.1, 0.15) is 167 Å². The Balaban J connectivity index is 0.000000864. The minimum absolute atomic E-state index is 0. The van der Waals surface area contributed by atoms with E-state index in [0.29, 0.717) is 94.3 Å². The molecule has 3 amide bonds. The first-order valence-corrected chi connectivity index (χ1v) is 40.8. The van der Waals surface area contributed by atoms with E-state index in [-0.39, 0.29) is 106 Å². The third-order valence-electron chi connectivity index (χ3n) is 16.2. The van der Waals surface area contributed by atoms with E-state index in [1.165, 1.54) is 103 Å². The number of nitrogens with zero attached hydrogens (tertiary/aromatic N) is 6. The standard InChI is InChI=1S/C29H36FN3O5S.C28H34FN3O5S.C25H28FN3O5S.6H2/c1-17(2)16-37-23-14-21(13-22(30)15-23)25-12-11-24(29(32-25)38-27(18(3)4)19(5)6)28(34)33-39(35,36)26-10-8-9-20(7)31-26;1-17(2)16-36-22-14-20(13-21(29)15-22)24-12-11-23(27(31-24)37-19(4)28(5,6)7)26(33)32-38(34,35)25-10-8-9-18(3)30-25;1-5-11-33-25-21(24(30)29-35(31,32)23-8-6-7-17(4)27-23)9-10-22(28-25)18-12-19(26)14-20(13-18)34-15-16(2)3;;;;;;/h8-15,17-19,27H,16H2,1-7H3,(H,33,34);8-15,17,19H,16H2,1-7H3,(H,32,33);6-10,12-14,16H,5,11,15H2,1-4H3,(H,29,30);6*1H. The SMILES string of the molecule is CCCOc1nc(-c2cc(F)cc(OCC(C)C)c2)ccc1C(=O)NS(=O)(=O)c1cccc(C)n1.Cc1cccc(S(=O)(=O)NC(=O)c2ccc(-c3cc(F)cc(OCC(C)C)c3)nc2OC(C(C)C)C(C)C)n1.Cc1cccc(S(=O)(=O)NC(=O)c2ccc(-c3cc(F)cc(OCC(C)C)c3)nc2OC(C)C(C)(C)C)n1.[HH].[HH].[HH].[HH].[HH].[HH]. The number of benzene rings is 3. The number of nitrogens with one attached hydrogen (secondary N) is 3. The molecule has 6 aromatic heterocycles. The highest BCUT2D eigenvalue weighted by Gasteiger charge is 2.31. The van der Waals surface area contributed by atoms with E-state index in [1.54, 1.807) is 63.2 Å². The van der Waals surface area contributed by atoms with Gasteiger partial charge >= 0.3 is 0 Å². The summed E-state index contributed by atoms with van der Waals surface area (Å²) in [6, 6.07) is 34.9. The normalized spacial score (nSPS) is 12.0. The van der Waals surface area contributed by atoms with Gasteiger partial charge in [0.2, 0.25) is 17.6 Å². The van der Waals surface area contributed by atoms with Crippen molar-refractivity contribution in [2.75, 3.05) is 26.4 Å². The quantitative estimate of drug-likeness (QED) is 0.0376. The molecule has 0 saturated carbocycles. The molecule has 9 rings (SSSR count). The summed E-state index contributed by atoms with van der Waals surface area (Å²) in [7, 11) is -12.7. The monoisotopic (exact) mass is 1610 g/mol. The Hall–Kier alpha value is -10.6. The van der Waals surface area contributed by atoms with Crippen molar-refractivity contribution in [3.8, 4) is 68.7 Å². The summed E-state index contributed by atoms with van der Waals surface area (Å²) in [5, 5.41) is -0.839. The van der Waals surface area contributed by atoms with E-state index >= 15 is 0 Å². The van der Waals surface area contributed by atoms with Gasteiger partial charge in [-0.1, -0.05) is 115 Å². The van der Waals surface area contributed by atoms with E-state index in [1.807, 2.05) is 113 Å². The predicted octanol–water partition coefficient (Wildman–Crippen LogP) is 17.4. The lowest BCUT2D eigenvalue weighted by molar-refractivity contribution is 0.0894. The molecule has 0 bridgehead atoms. The molecule has 0 aliphatic rings. The fourth-order valence-corrected chi connectivity index (χ4v) is 13.1. The molecule has 9 aromatic rings. The highest BCUT2D eigenvalue weighted by Crippen LogP contribution is 2.35. The first-order chi connectivity index (χ1) is 52.5. The van der Waals surface area contributed by atoms with E-state index in [2.05, 4.69) is 34.6 Å².